The zero-order chi connectivity index (χ0) is 21.7. The van der Waals surface area contributed by atoms with E-state index in [2.05, 4.69) is 0 Å². The Hall–Kier alpha value is -0.0995. The monoisotopic (exact) mass is 454 g/mol. The summed E-state index contributed by atoms with van der Waals surface area (Å²) in [6.45, 7) is 21.7. The fourth-order valence-corrected chi connectivity index (χ4v) is 1.10. The van der Waals surface area contributed by atoms with Crippen LogP contribution in [-0.2, 0) is 9.59 Å². The van der Waals surface area contributed by atoms with Crippen molar-refractivity contribution in [3.8, 4) is 0 Å². The fraction of sp³-hybridized carbons (Fsp3) is 0.727. The number of ketones is 2. The molecule has 152 valence electrons. The summed E-state index contributed by atoms with van der Waals surface area (Å²) in [4.78, 5) is 22.9. The number of hydrogen-bond acceptors (Lipinski definition) is 4. The Morgan fingerprint density at radius 1 is 0.519 bits per heavy atom. The number of rotatable bonds is 2. The van der Waals surface area contributed by atoms with Crippen LogP contribution in [0.15, 0.2) is 23.7 Å². The van der Waals surface area contributed by atoms with Gasteiger partial charge in [0.25, 0.3) is 0 Å². The minimum absolute atomic E-state index is 0. The largest absolute Gasteiger partial charge is 2.00 e. The van der Waals surface area contributed by atoms with Crippen molar-refractivity contribution in [2.24, 2.45) is 21.7 Å². The molecule has 0 saturated heterocycles. The summed E-state index contributed by atoms with van der Waals surface area (Å²) in [5, 5.41) is 22.9. The molecule has 0 spiro atoms. The van der Waals surface area contributed by atoms with Gasteiger partial charge in [-0.3, -0.25) is 9.59 Å². The Morgan fingerprint density at radius 2 is 0.704 bits per heavy atom. The molecular weight excluding hydrogens is 416 g/mol. The Labute approximate surface area is 203 Å². The summed E-state index contributed by atoms with van der Waals surface area (Å²) in [5.74, 6) is -0.417. The second-order valence-corrected chi connectivity index (χ2v) is 10.7. The molecule has 0 atom stereocenters. The van der Waals surface area contributed by atoms with E-state index < -0.39 is 21.7 Å². The number of hydrogen-bond donors (Lipinski definition) is 0. The van der Waals surface area contributed by atoms with Crippen LogP contribution < -0.4 is 10.2 Å². The molecule has 0 rings (SSSR count). The van der Waals surface area contributed by atoms with Gasteiger partial charge in [-0.15, -0.1) is 11.5 Å². The molecule has 0 aromatic carbocycles. The summed E-state index contributed by atoms with van der Waals surface area (Å²) in [5.41, 5.74) is -1.83. The van der Waals surface area contributed by atoms with E-state index in [-0.39, 0.29) is 68.6 Å². The average Bonchev–Trinajstić information content (AvgIpc) is 2.34. The van der Waals surface area contributed by atoms with Crippen LogP contribution in [-0.4, -0.2) is 57.0 Å². The van der Waals surface area contributed by atoms with E-state index in [0.717, 1.165) is 0 Å². The molecule has 5 heteroatoms. The minimum atomic E-state index is -0.457. The Morgan fingerprint density at radius 3 is 0.815 bits per heavy atom. The van der Waals surface area contributed by atoms with Crippen molar-refractivity contribution in [2.75, 3.05) is 0 Å². The molecular formula is C22H38O4Sr. The van der Waals surface area contributed by atoms with Gasteiger partial charge in [-0.1, -0.05) is 83.1 Å². The average molecular weight is 454 g/mol. The molecule has 0 bridgehead atoms. The molecule has 0 aromatic heterocycles. The van der Waals surface area contributed by atoms with Gasteiger partial charge >= 0.3 is 45.5 Å². The van der Waals surface area contributed by atoms with Gasteiger partial charge in [0.2, 0.25) is 0 Å². The third-order valence-electron chi connectivity index (χ3n) is 3.48. The summed E-state index contributed by atoms with van der Waals surface area (Å²) in [6.07, 6.45) is 2.44. The second kappa shape index (κ2) is 11.2. The van der Waals surface area contributed by atoms with E-state index in [1.807, 2.05) is 83.1 Å². The number of allylic oxidation sites excluding steroid dienone is 4. The van der Waals surface area contributed by atoms with Crippen LogP contribution in [0.2, 0.25) is 0 Å². The van der Waals surface area contributed by atoms with Crippen molar-refractivity contribution in [3.63, 3.8) is 0 Å². The predicted molar refractivity (Wildman–Crippen MR) is 110 cm³/mol. The van der Waals surface area contributed by atoms with E-state index in [1.54, 1.807) is 0 Å². The van der Waals surface area contributed by atoms with Gasteiger partial charge in [-0.05, 0) is 23.0 Å². The van der Waals surface area contributed by atoms with Crippen molar-refractivity contribution < 1.29 is 19.8 Å². The Bertz CT molecular complexity index is 505. The van der Waals surface area contributed by atoms with Crippen molar-refractivity contribution in [1.82, 2.24) is 0 Å². The van der Waals surface area contributed by atoms with Crippen LogP contribution >= 0.6 is 0 Å². The van der Waals surface area contributed by atoms with Crippen molar-refractivity contribution in [3.05, 3.63) is 23.7 Å². The van der Waals surface area contributed by atoms with Gasteiger partial charge in [0.05, 0.1) is 0 Å². The molecule has 0 aliphatic heterocycles. The molecule has 0 amide bonds. The van der Waals surface area contributed by atoms with Crippen LogP contribution in [0.1, 0.15) is 83.1 Å². The first-order valence-corrected chi connectivity index (χ1v) is 8.97. The van der Waals surface area contributed by atoms with E-state index in [9.17, 15) is 19.8 Å². The van der Waals surface area contributed by atoms with Gasteiger partial charge in [-0.25, -0.2) is 0 Å². The van der Waals surface area contributed by atoms with Gasteiger partial charge in [0.1, 0.15) is 0 Å². The summed E-state index contributed by atoms with van der Waals surface area (Å²) >= 11 is 0. The van der Waals surface area contributed by atoms with Gasteiger partial charge in [0, 0.05) is 10.8 Å². The number of carbonyl (C=O) groups is 2. The van der Waals surface area contributed by atoms with E-state index in [0.29, 0.717) is 0 Å². The maximum absolute atomic E-state index is 11.4. The van der Waals surface area contributed by atoms with Gasteiger partial charge < -0.3 is 10.2 Å². The van der Waals surface area contributed by atoms with Crippen molar-refractivity contribution in [2.45, 2.75) is 83.1 Å². The third-order valence-corrected chi connectivity index (χ3v) is 3.48. The van der Waals surface area contributed by atoms with E-state index >= 15 is 0 Å². The molecule has 0 aromatic rings. The second-order valence-electron chi connectivity index (χ2n) is 10.7. The standard InChI is InChI=1S/2C11H20O2.Sr/c2*1-10(2,3)8(12)7-9(13)11(4,5)6;/h2*7,12H,1-6H3;/q;;+2/p-2/b2*8-7-;. The summed E-state index contributed by atoms with van der Waals surface area (Å²) < 4.78 is 0. The SMILES string of the molecule is CC(C)(C)C(=O)/C=C(\[O-])C(C)(C)C.CC(C)(C)C(=O)/C=C(\[O-])C(C)(C)C.[Sr+2]. The summed E-state index contributed by atoms with van der Waals surface area (Å²) in [7, 11) is 0. The molecule has 27 heavy (non-hydrogen) atoms. The molecule has 0 heterocycles. The zero-order valence-corrected chi connectivity index (χ0v) is 23.0. The van der Waals surface area contributed by atoms with Crippen molar-refractivity contribution in [1.29, 1.82) is 0 Å². The molecule has 0 radical (unpaired) electrons. The zero-order valence-electron chi connectivity index (χ0n) is 19.5. The topological polar surface area (TPSA) is 80.3 Å². The van der Waals surface area contributed by atoms with Crippen LogP contribution in [0, 0.1) is 21.7 Å². The van der Waals surface area contributed by atoms with Gasteiger partial charge in [-0.2, -0.15) is 0 Å². The molecule has 4 nitrogen and oxygen atoms in total. The maximum Gasteiger partial charge on any atom is 2.00 e. The van der Waals surface area contributed by atoms with Crippen molar-refractivity contribution >= 4 is 57.0 Å². The first-order chi connectivity index (χ1) is 11.1. The Kier molecular flexibility index (Phi) is 13.1. The molecule has 0 saturated carbocycles. The normalized spacial score (nSPS) is 13.9. The molecule has 0 fully saturated rings. The van der Waals surface area contributed by atoms with Crippen LogP contribution in [0.5, 0.6) is 0 Å². The van der Waals surface area contributed by atoms with Crippen LogP contribution in [0.3, 0.4) is 0 Å². The first kappa shape index (κ1) is 31.6. The smallest absolute Gasteiger partial charge is 0.875 e. The third kappa shape index (κ3) is 14.5. The van der Waals surface area contributed by atoms with Gasteiger partial charge in [0.15, 0.2) is 11.6 Å². The van der Waals surface area contributed by atoms with E-state index in [4.69, 9.17) is 0 Å². The van der Waals surface area contributed by atoms with Crippen LogP contribution in [0.4, 0.5) is 0 Å². The minimum Gasteiger partial charge on any atom is -0.875 e. The molecule has 0 aliphatic carbocycles. The first-order valence-electron chi connectivity index (χ1n) is 8.97. The fourth-order valence-electron chi connectivity index (χ4n) is 1.10. The predicted octanol–water partition coefficient (Wildman–Crippen LogP) is 3.40. The quantitative estimate of drug-likeness (QED) is 0.364. The van der Waals surface area contributed by atoms with E-state index in [1.165, 1.54) is 12.2 Å². The Balaban J connectivity index is -0.000000411. The molecule has 0 unspecified atom stereocenters. The number of carbonyl (C=O) groups excluding carboxylic acids is 2. The molecule has 0 N–H and O–H groups in total. The molecule has 0 aliphatic rings. The summed E-state index contributed by atoms with van der Waals surface area (Å²) in [6, 6.07) is 0. The maximum atomic E-state index is 11.4. The van der Waals surface area contributed by atoms with Crippen LogP contribution in [0.25, 0.3) is 0 Å².